The predicted octanol–water partition coefficient (Wildman–Crippen LogP) is 2.67. The number of aliphatic hydroxyl groups excluding tert-OH is 1. The first-order chi connectivity index (χ1) is 8.17. The highest BCUT2D eigenvalue weighted by atomic mass is 32.2. The van der Waals surface area contributed by atoms with Crippen LogP contribution in [0.25, 0.3) is 0 Å². The molecule has 1 saturated heterocycles. The van der Waals surface area contributed by atoms with Crippen LogP contribution in [0, 0.1) is 0 Å². The van der Waals surface area contributed by atoms with E-state index >= 15 is 0 Å². The third-order valence-corrected chi connectivity index (χ3v) is 6.31. The second-order valence-corrected chi connectivity index (χ2v) is 7.04. The first kappa shape index (κ1) is 15.2. The van der Waals surface area contributed by atoms with Gasteiger partial charge in [0.25, 0.3) is 0 Å². The lowest BCUT2D eigenvalue weighted by atomic mass is 10.1. The van der Waals surface area contributed by atoms with Gasteiger partial charge in [0.2, 0.25) is 0 Å². The van der Waals surface area contributed by atoms with Crippen molar-refractivity contribution in [3.63, 3.8) is 0 Å². The van der Waals surface area contributed by atoms with E-state index in [9.17, 15) is 9.90 Å². The highest BCUT2D eigenvalue weighted by Crippen LogP contribution is 2.48. The van der Waals surface area contributed by atoms with Crippen molar-refractivity contribution in [3.8, 4) is 0 Å². The van der Waals surface area contributed by atoms with Gasteiger partial charge in [-0.3, -0.25) is 0 Å². The minimum atomic E-state index is -0.760. The topological polar surface area (TPSA) is 46.5 Å². The summed E-state index contributed by atoms with van der Waals surface area (Å²) >= 11 is 3.08. The molecule has 1 heterocycles. The molecule has 17 heavy (non-hydrogen) atoms. The molecule has 1 atom stereocenters. The molecule has 0 unspecified atom stereocenters. The summed E-state index contributed by atoms with van der Waals surface area (Å²) in [6.45, 7) is 4.31. The second-order valence-electron chi connectivity index (χ2n) is 4.10. The molecule has 3 nitrogen and oxygen atoms in total. The molecule has 0 aromatic rings. The molecule has 0 aliphatic carbocycles. The van der Waals surface area contributed by atoms with Gasteiger partial charge in [0, 0.05) is 11.5 Å². The summed E-state index contributed by atoms with van der Waals surface area (Å²) in [7, 11) is 0. The largest absolute Gasteiger partial charge is 0.464 e. The van der Waals surface area contributed by atoms with Gasteiger partial charge in [0.05, 0.1) is 12.7 Å². The minimum absolute atomic E-state index is 0.253. The van der Waals surface area contributed by atoms with E-state index in [4.69, 9.17) is 4.74 Å². The van der Waals surface area contributed by atoms with Crippen molar-refractivity contribution in [2.75, 3.05) is 18.1 Å². The van der Waals surface area contributed by atoms with E-state index in [1.165, 1.54) is 0 Å². The summed E-state index contributed by atoms with van der Waals surface area (Å²) in [5, 5.41) is 10.3. The van der Waals surface area contributed by atoms with E-state index in [0.29, 0.717) is 13.0 Å². The number of rotatable bonds is 7. The number of hydrogen-bond donors (Lipinski definition) is 1. The maximum atomic E-state index is 12.0. The van der Waals surface area contributed by atoms with Crippen molar-refractivity contribution in [3.05, 3.63) is 0 Å². The Morgan fingerprint density at radius 1 is 1.35 bits per heavy atom. The van der Waals surface area contributed by atoms with Gasteiger partial charge in [-0.15, -0.1) is 23.5 Å². The Bertz CT molecular complexity index is 240. The maximum Gasteiger partial charge on any atom is 0.335 e. The van der Waals surface area contributed by atoms with Crippen LogP contribution in [0.2, 0.25) is 0 Å². The number of hydrogen-bond acceptors (Lipinski definition) is 5. The van der Waals surface area contributed by atoms with Crippen molar-refractivity contribution in [1.82, 2.24) is 0 Å². The molecule has 0 aromatic carbocycles. The summed E-state index contributed by atoms with van der Waals surface area (Å²) in [4.78, 5) is 12.0. The molecule has 0 spiro atoms. The lowest BCUT2D eigenvalue weighted by molar-refractivity contribution is -0.145. The summed E-state index contributed by atoms with van der Waals surface area (Å²) in [6.07, 6.45) is 3.29. The molecule has 100 valence electrons. The van der Waals surface area contributed by atoms with Gasteiger partial charge in [-0.05, 0) is 13.3 Å². The summed E-state index contributed by atoms with van der Waals surface area (Å²) < 4.78 is 4.36. The van der Waals surface area contributed by atoms with Crippen LogP contribution in [-0.4, -0.2) is 39.4 Å². The predicted molar refractivity (Wildman–Crippen MR) is 74.4 cm³/mol. The Morgan fingerprint density at radius 2 is 2.00 bits per heavy atom. The van der Waals surface area contributed by atoms with Crippen molar-refractivity contribution < 1.29 is 14.6 Å². The first-order valence-electron chi connectivity index (χ1n) is 6.30. The number of aliphatic hydroxyl groups is 1. The van der Waals surface area contributed by atoms with E-state index in [2.05, 4.69) is 6.92 Å². The van der Waals surface area contributed by atoms with Crippen molar-refractivity contribution >= 4 is 29.5 Å². The zero-order valence-corrected chi connectivity index (χ0v) is 12.2. The summed E-state index contributed by atoms with van der Waals surface area (Å²) in [5.41, 5.74) is 0. The molecular weight excluding hydrogens is 256 g/mol. The molecule has 1 fully saturated rings. The van der Waals surface area contributed by atoms with Crippen LogP contribution in [0.15, 0.2) is 0 Å². The third-order valence-electron chi connectivity index (χ3n) is 2.80. The third kappa shape index (κ3) is 3.80. The molecule has 1 aliphatic heterocycles. The second kappa shape index (κ2) is 7.54. The van der Waals surface area contributed by atoms with Crippen molar-refractivity contribution in [2.45, 2.75) is 49.7 Å². The average molecular weight is 278 g/mol. The smallest absolute Gasteiger partial charge is 0.335 e. The van der Waals surface area contributed by atoms with Gasteiger partial charge >= 0.3 is 5.97 Å². The molecule has 1 rings (SSSR count). The summed E-state index contributed by atoms with van der Waals surface area (Å²) in [6, 6.07) is 0. The van der Waals surface area contributed by atoms with E-state index in [1.807, 2.05) is 0 Å². The normalized spacial score (nSPS) is 20.2. The van der Waals surface area contributed by atoms with Crippen molar-refractivity contribution in [2.24, 2.45) is 0 Å². The molecule has 1 aliphatic rings. The van der Waals surface area contributed by atoms with Crippen molar-refractivity contribution in [1.29, 1.82) is 0 Å². The Kier molecular flexibility index (Phi) is 6.74. The first-order valence-corrected chi connectivity index (χ1v) is 8.27. The number of carbonyl (C=O) groups excluding carboxylic acids is 1. The number of unbranched alkanes of at least 4 members (excludes halogenated alkanes) is 2. The van der Waals surface area contributed by atoms with E-state index < -0.39 is 10.2 Å². The quantitative estimate of drug-likeness (QED) is 0.573. The highest BCUT2D eigenvalue weighted by molar-refractivity contribution is 8.22. The van der Waals surface area contributed by atoms with Crippen LogP contribution in [0.5, 0.6) is 0 Å². The Labute approximate surface area is 112 Å². The minimum Gasteiger partial charge on any atom is -0.464 e. The fourth-order valence-electron chi connectivity index (χ4n) is 1.88. The molecule has 0 radical (unpaired) electrons. The molecule has 0 saturated carbocycles. The lowest BCUT2D eigenvalue weighted by Gasteiger charge is -2.29. The van der Waals surface area contributed by atoms with Gasteiger partial charge in [0.15, 0.2) is 4.08 Å². The van der Waals surface area contributed by atoms with Gasteiger partial charge in [-0.2, -0.15) is 0 Å². The Morgan fingerprint density at radius 3 is 2.53 bits per heavy atom. The molecule has 5 heteroatoms. The molecule has 1 N–H and O–H groups in total. The molecule has 0 amide bonds. The molecule has 0 bridgehead atoms. The van der Waals surface area contributed by atoms with Crippen LogP contribution in [0.1, 0.15) is 39.5 Å². The van der Waals surface area contributed by atoms with Gasteiger partial charge in [0.1, 0.15) is 0 Å². The number of ether oxygens (including phenoxy) is 1. The average Bonchev–Trinajstić information content (AvgIpc) is 2.80. The summed E-state index contributed by atoms with van der Waals surface area (Å²) in [5.74, 6) is 1.57. The fraction of sp³-hybridized carbons (Fsp3) is 0.917. The maximum absolute atomic E-state index is 12.0. The SMILES string of the molecule is CCCCC[C@@H](O)C1(C(=O)OCC)SCCS1. The van der Waals surface area contributed by atoms with Crippen LogP contribution in [0.3, 0.4) is 0 Å². The zero-order valence-electron chi connectivity index (χ0n) is 10.6. The van der Waals surface area contributed by atoms with Gasteiger partial charge in [-0.25, -0.2) is 4.79 Å². The Balaban J connectivity index is 2.60. The standard InChI is InChI=1S/C12H22O3S2/c1-3-5-6-7-10(13)12(11(14)15-4-2)16-8-9-17-12/h10,13H,3-9H2,1-2H3/t10-/m1/s1. The highest BCUT2D eigenvalue weighted by Gasteiger charge is 2.50. The molecule has 0 aromatic heterocycles. The number of esters is 1. The monoisotopic (exact) mass is 278 g/mol. The van der Waals surface area contributed by atoms with Crippen LogP contribution in [-0.2, 0) is 9.53 Å². The lowest BCUT2D eigenvalue weighted by Crippen LogP contribution is -2.43. The zero-order chi connectivity index (χ0) is 12.7. The molecular formula is C12H22O3S2. The van der Waals surface area contributed by atoms with Crippen LogP contribution < -0.4 is 0 Å². The van der Waals surface area contributed by atoms with Crippen LogP contribution in [0.4, 0.5) is 0 Å². The van der Waals surface area contributed by atoms with E-state index in [-0.39, 0.29) is 5.97 Å². The van der Waals surface area contributed by atoms with E-state index in [0.717, 1.165) is 30.8 Å². The number of carbonyl (C=O) groups is 1. The fourth-order valence-corrected chi connectivity index (χ4v) is 4.96. The number of thioether (sulfide) groups is 2. The van der Waals surface area contributed by atoms with E-state index in [1.54, 1.807) is 30.4 Å². The van der Waals surface area contributed by atoms with Crippen LogP contribution >= 0.6 is 23.5 Å². The Hall–Kier alpha value is 0.130. The van der Waals surface area contributed by atoms with Gasteiger partial charge < -0.3 is 9.84 Å². The van der Waals surface area contributed by atoms with Gasteiger partial charge in [-0.1, -0.05) is 26.2 Å².